The molecule has 0 fully saturated rings. The van der Waals surface area contributed by atoms with Gasteiger partial charge < -0.3 is 5.32 Å². The minimum atomic E-state index is -4.46. The fourth-order valence-electron chi connectivity index (χ4n) is 1.86. The summed E-state index contributed by atoms with van der Waals surface area (Å²) in [5, 5.41) is 10.1. The second-order valence-corrected chi connectivity index (χ2v) is 5.63. The van der Waals surface area contributed by atoms with Crippen molar-refractivity contribution in [1.82, 2.24) is 25.5 Å². The number of thiophene rings is 1. The molecule has 24 heavy (non-hydrogen) atoms. The average Bonchev–Trinajstić information content (AvgIpc) is 3.22. The van der Waals surface area contributed by atoms with E-state index in [1.807, 2.05) is 0 Å². The summed E-state index contributed by atoms with van der Waals surface area (Å²) in [6.07, 6.45) is -1.26. The van der Waals surface area contributed by atoms with Gasteiger partial charge in [0.2, 0.25) is 0 Å². The van der Waals surface area contributed by atoms with Crippen molar-refractivity contribution < 1.29 is 18.0 Å². The molecule has 0 unspecified atom stereocenters. The molecule has 1 amide bonds. The lowest BCUT2D eigenvalue weighted by atomic mass is 10.2. The highest BCUT2D eigenvalue weighted by Gasteiger charge is 2.32. The molecule has 0 saturated heterocycles. The number of carbonyl (C=O) groups is 1. The van der Waals surface area contributed by atoms with Crippen molar-refractivity contribution in [3.8, 4) is 11.4 Å². The van der Waals surface area contributed by atoms with Gasteiger partial charge in [-0.2, -0.15) is 18.3 Å². The molecule has 3 aromatic heterocycles. The second kappa shape index (κ2) is 6.40. The van der Waals surface area contributed by atoms with Gasteiger partial charge in [-0.05, 0) is 18.2 Å². The number of H-pyrrole nitrogens is 1. The molecule has 3 rings (SSSR count). The Kier molecular flexibility index (Phi) is 4.30. The van der Waals surface area contributed by atoms with Gasteiger partial charge in [0.05, 0.1) is 17.0 Å². The third-order valence-corrected chi connectivity index (χ3v) is 3.97. The van der Waals surface area contributed by atoms with E-state index in [0.717, 1.165) is 28.3 Å². The van der Waals surface area contributed by atoms with Crippen LogP contribution < -0.4 is 5.32 Å². The number of hydrogen-bond donors (Lipinski definition) is 2. The van der Waals surface area contributed by atoms with Crippen LogP contribution in [0.4, 0.5) is 13.2 Å². The molecule has 2 N–H and O–H groups in total. The first-order valence-electron chi connectivity index (χ1n) is 6.69. The Balaban J connectivity index is 1.63. The molecule has 0 aromatic carbocycles. The molecule has 6 nitrogen and oxygen atoms in total. The predicted molar refractivity (Wildman–Crippen MR) is 80.1 cm³/mol. The van der Waals surface area contributed by atoms with Crippen molar-refractivity contribution in [2.24, 2.45) is 0 Å². The number of aromatic nitrogens is 4. The van der Waals surface area contributed by atoms with Crippen molar-refractivity contribution in [2.75, 3.05) is 0 Å². The number of alkyl halides is 3. The third-order valence-electron chi connectivity index (χ3n) is 3.04. The van der Waals surface area contributed by atoms with Gasteiger partial charge in [0.15, 0.2) is 5.82 Å². The van der Waals surface area contributed by atoms with Gasteiger partial charge in [-0.1, -0.05) is 0 Å². The quantitative estimate of drug-likeness (QED) is 0.755. The van der Waals surface area contributed by atoms with Gasteiger partial charge in [-0.25, -0.2) is 4.98 Å². The summed E-state index contributed by atoms with van der Waals surface area (Å²) in [7, 11) is 0. The first-order valence-corrected chi connectivity index (χ1v) is 7.57. The summed E-state index contributed by atoms with van der Waals surface area (Å²) in [5.41, 5.74) is -0.0795. The molecule has 0 aliphatic heterocycles. The van der Waals surface area contributed by atoms with Crippen LogP contribution in [0.15, 0.2) is 36.0 Å². The number of nitrogens with zero attached hydrogens (tertiary/aromatic N) is 3. The molecule has 0 atom stereocenters. The lowest BCUT2D eigenvalue weighted by Crippen LogP contribution is -2.22. The largest absolute Gasteiger partial charge is 0.417 e. The molecule has 3 aromatic rings. The summed E-state index contributed by atoms with van der Waals surface area (Å²) < 4.78 is 37.6. The number of pyridine rings is 1. The van der Waals surface area contributed by atoms with Crippen LogP contribution in [-0.4, -0.2) is 26.1 Å². The van der Waals surface area contributed by atoms with Crippen LogP contribution in [0.1, 0.15) is 21.1 Å². The third kappa shape index (κ3) is 3.59. The maximum atomic E-state index is 12.5. The standard InChI is InChI=1S/C14H10F3N5OS/c15-14(16,17)9-5-10(24-7-9)13(23)19-6-11-20-12(22-21-11)8-1-3-18-4-2-8/h1-5,7H,6H2,(H,19,23)(H,20,21,22). The van der Waals surface area contributed by atoms with E-state index in [9.17, 15) is 18.0 Å². The molecular formula is C14H10F3N5OS. The van der Waals surface area contributed by atoms with E-state index in [-0.39, 0.29) is 11.4 Å². The van der Waals surface area contributed by atoms with E-state index in [1.54, 1.807) is 24.5 Å². The minimum absolute atomic E-state index is 0.0174. The number of nitrogens with one attached hydrogen (secondary N) is 2. The van der Waals surface area contributed by atoms with Gasteiger partial charge in [-0.3, -0.25) is 14.9 Å². The number of aromatic amines is 1. The fourth-order valence-corrected chi connectivity index (χ4v) is 2.69. The molecule has 0 radical (unpaired) electrons. The van der Waals surface area contributed by atoms with E-state index in [4.69, 9.17) is 0 Å². The summed E-state index contributed by atoms with van der Waals surface area (Å²) in [6, 6.07) is 4.29. The zero-order valence-corrected chi connectivity index (χ0v) is 12.8. The summed E-state index contributed by atoms with van der Waals surface area (Å²) >= 11 is 0.737. The number of rotatable bonds is 4. The van der Waals surface area contributed by atoms with Gasteiger partial charge in [0.25, 0.3) is 5.91 Å². The summed E-state index contributed by atoms with van der Waals surface area (Å²) in [6.45, 7) is 0.0240. The first kappa shape index (κ1) is 16.1. The Morgan fingerprint density at radius 1 is 1.29 bits per heavy atom. The fraction of sp³-hybridized carbons (Fsp3) is 0.143. The number of halogens is 3. The highest BCUT2D eigenvalue weighted by Crippen LogP contribution is 2.32. The van der Waals surface area contributed by atoms with Crippen LogP contribution in [0.25, 0.3) is 11.4 Å². The monoisotopic (exact) mass is 353 g/mol. The number of amides is 1. The normalized spacial score (nSPS) is 11.5. The summed E-state index contributed by atoms with van der Waals surface area (Å²) in [5.74, 6) is 0.234. The Morgan fingerprint density at radius 2 is 2.04 bits per heavy atom. The maximum Gasteiger partial charge on any atom is 0.417 e. The second-order valence-electron chi connectivity index (χ2n) is 4.72. The predicted octanol–water partition coefficient (Wildman–Crippen LogP) is 2.88. The maximum absolute atomic E-state index is 12.5. The van der Waals surface area contributed by atoms with Gasteiger partial charge in [-0.15, -0.1) is 11.3 Å². The van der Waals surface area contributed by atoms with Crippen LogP contribution >= 0.6 is 11.3 Å². The lowest BCUT2D eigenvalue weighted by Gasteiger charge is -2.02. The Bertz CT molecular complexity index is 843. The first-order chi connectivity index (χ1) is 11.4. The lowest BCUT2D eigenvalue weighted by molar-refractivity contribution is -0.137. The van der Waals surface area contributed by atoms with E-state index in [2.05, 4.69) is 25.5 Å². The Hall–Kier alpha value is -2.75. The highest BCUT2D eigenvalue weighted by atomic mass is 32.1. The van der Waals surface area contributed by atoms with Crippen molar-refractivity contribution in [3.05, 3.63) is 52.2 Å². The molecule has 3 heterocycles. The Labute approximate surface area is 137 Å². The molecule has 10 heteroatoms. The smallest absolute Gasteiger partial charge is 0.344 e. The molecule has 0 spiro atoms. The van der Waals surface area contributed by atoms with E-state index in [1.165, 1.54) is 0 Å². The van der Waals surface area contributed by atoms with Crippen LogP contribution in [0.5, 0.6) is 0 Å². The molecule has 0 aliphatic carbocycles. The zero-order valence-electron chi connectivity index (χ0n) is 12.0. The van der Waals surface area contributed by atoms with Gasteiger partial charge >= 0.3 is 6.18 Å². The summed E-state index contributed by atoms with van der Waals surface area (Å²) in [4.78, 5) is 20.0. The Morgan fingerprint density at radius 3 is 2.71 bits per heavy atom. The van der Waals surface area contributed by atoms with Gasteiger partial charge in [0.1, 0.15) is 5.82 Å². The number of hydrogen-bond acceptors (Lipinski definition) is 5. The van der Waals surface area contributed by atoms with Crippen LogP contribution in [-0.2, 0) is 12.7 Å². The van der Waals surface area contributed by atoms with Crippen molar-refractivity contribution in [2.45, 2.75) is 12.7 Å². The van der Waals surface area contributed by atoms with Crippen LogP contribution in [0.3, 0.4) is 0 Å². The average molecular weight is 353 g/mol. The van der Waals surface area contributed by atoms with E-state index in [0.29, 0.717) is 11.6 Å². The topological polar surface area (TPSA) is 83.6 Å². The van der Waals surface area contributed by atoms with Crippen LogP contribution in [0.2, 0.25) is 0 Å². The minimum Gasteiger partial charge on any atom is -0.344 e. The number of carbonyl (C=O) groups excluding carboxylic acids is 1. The zero-order chi connectivity index (χ0) is 17.2. The van der Waals surface area contributed by atoms with Gasteiger partial charge in [0, 0.05) is 23.3 Å². The SMILES string of the molecule is O=C(NCc1nc(-c2ccncc2)n[nH]1)c1cc(C(F)(F)F)cs1. The molecule has 0 saturated carbocycles. The van der Waals surface area contributed by atoms with Crippen LogP contribution in [0, 0.1) is 0 Å². The molecular weight excluding hydrogens is 343 g/mol. The highest BCUT2D eigenvalue weighted by molar-refractivity contribution is 7.12. The molecule has 124 valence electrons. The van der Waals surface area contributed by atoms with Crippen molar-refractivity contribution in [3.63, 3.8) is 0 Å². The van der Waals surface area contributed by atoms with E-state index >= 15 is 0 Å². The molecule has 0 bridgehead atoms. The van der Waals surface area contributed by atoms with Crippen molar-refractivity contribution >= 4 is 17.2 Å². The molecule has 0 aliphatic rings. The van der Waals surface area contributed by atoms with Crippen molar-refractivity contribution in [1.29, 1.82) is 0 Å². The van der Waals surface area contributed by atoms with E-state index < -0.39 is 17.6 Å².